The van der Waals surface area contributed by atoms with Crippen LogP contribution in [0.2, 0.25) is 0 Å². The van der Waals surface area contributed by atoms with Crippen molar-refractivity contribution in [3.05, 3.63) is 0 Å². The molecule has 0 aromatic carbocycles. The van der Waals surface area contributed by atoms with Crippen molar-refractivity contribution in [1.82, 2.24) is 0 Å². The normalized spacial score (nSPS) is 22.8. The molecule has 2 N–H and O–H groups in total. The van der Waals surface area contributed by atoms with E-state index in [2.05, 4.69) is 20.8 Å². The van der Waals surface area contributed by atoms with Gasteiger partial charge in [0, 0.05) is 12.6 Å². The Morgan fingerprint density at radius 3 is 2.23 bits per heavy atom. The van der Waals surface area contributed by atoms with Gasteiger partial charge in [0.15, 0.2) is 0 Å². The average molecular weight is 185 g/mol. The molecule has 13 heavy (non-hydrogen) atoms. The number of hydrogen-bond acceptors (Lipinski definition) is 2. The van der Waals surface area contributed by atoms with Crippen molar-refractivity contribution in [3.8, 4) is 0 Å². The van der Waals surface area contributed by atoms with Crippen LogP contribution in [0.3, 0.4) is 0 Å². The maximum absolute atomic E-state index is 6.17. The van der Waals surface area contributed by atoms with Gasteiger partial charge < -0.3 is 10.5 Å². The highest BCUT2D eigenvalue weighted by Crippen LogP contribution is 2.38. The lowest BCUT2D eigenvalue weighted by Crippen LogP contribution is -2.46. The summed E-state index contributed by atoms with van der Waals surface area (Å²) in [5, 5.41) is 0. The van der Waals surface area contributed by atoms with E-state index in [-0.39, 0.29) is 17.6 Å². The predicted molar refractivity (Wildman–Crippen MR) is 55.6 cm³/mol. The zero-order valence-corrected chi connectivity index (χ0v) is 9.34. The van der Waals surface area contributed by atoms with Gasteiger partial charge in [-0.1, -0.05) is 20.8 Å². The lowest BCUT2D eigenvalue weighted by atomic mass is 9.83. The molecule has 0 spiro atoms. The molecule has 0 aliphatic heterocycles. The van der Waals surface area contributed by atoms with Gasteiger partial charge in [-0.25, -0.2) is 0 Å². The molecule has 1 aliphatic carbocycles. The topological polar surface area (TPSA) is 35.2 Å². The third kappa shape index (κ3) is 2.96. The quantitative estimate of drug-likeness (QED) is 0.728. The number of rotatable bonds is 4. The molecular weight excluding hydrogens is 162 g/mol. The molecule has 78 valence electrons. The summed E-state index contributed by atoms with van der Waals surface area (Å²) in [4.78, 5) is 0. The van der Waals surface area contributed by atoms with E-state index in [9.17, 15) is 0 Å². The zero-order chi connectivity index (χ0) is 10.1. The fraction of sp³-hybridized carbons (Fsp3) is 1.00. The second-order valence-electron chi connectivity index (χ2n) is 5.16. The summed E-state index contributed by atoms with van der Waals surface area (Å²) in [5.74, 6) is 0.718. The minimum atomic E-state index is 0.165. The van der Waals surface area contributed by atoms with Gasteiger partial charge in [-0.2, -0.15) is 0 Å². The van der Waals surface area contributed by atoms with Gasteiger partial charge in [-0.15, -0.1) is 0 Å². The van der Waals surface area contributed by atoms with Crippen molar-refractivity contribution in [2.24, 2.45) is 17.1 Å². The van der Waals surface area contributed by atoms with Gasteiger partial charge in [-0.3, -0.25) is 0 Å². The first kappa shape index (κ1) is 11.0. The smallest absolute Gasteiger partial charge is 0.0776 e. The lowest BCUT2D eigenvalue weighted by Gasteiger charge is -2.35. The number of nitrogens with two attached hydrogens (primary N) is 1. The second-order valence-corrected chi connectivity index (χ2v) is 5.16. The highest BCUT2D eigenvalue weighted by Gasteiger charge is 2.39. The summed E-state index contributed by atoms with van der Waals surface area (Å²) in [7, 11) is 0. The first-order valence-corrected chi connectivity index (χ1v) is 5.34. The standard InChI is InChI=1S/C11H23NO/c1-5-13-10(11(2,3)4)9(12)8-6-7-8/h8-10H,5-7,12H2,1-4H3. The molecule has 2 nitrogen and oxygen atoms in total. The summed E-state index contributed by atoms with van der Waals surface area (Å²) in [6.45, 7) is 9.42. The molecule has 2 heteroatoms. The highest BCUT2D eigenvalue weighted by molar-refractivity contribution is 4.94. The molecular formula is C11H23NO. The van der Waals surface area contributed by atoms with Gasteiger partial charge in [0.2, 0.25) is 0 Å². The van der Waals surface area contributed by atoms with E-state index >= 15 is 0 Å². The lowest BCUT2D eigenvalue weighted by molar-refractivity contribution is -0.0318. The molecule has 0 bridgehead atoms. The molecule has 2 unspecified atom stereocenters. The summed E-state index contributed by atoms with van der Waals surface area (Å²) in [6.07, 6.45) is 2.80. The van der Waals surface area contributed by atoms with E-state index in [1.807, 2.05) is 6.92 Å². The fourth-order valence-electron chi connectivity index (χ4n) is 1.85. The minimum absolute atomic E-state index is 0.165. The third-order valence-electron chi connectivity index (χ3n) is 2.72. The summed E-state index contributed by atoms with van der Waals surface area (Å²) < 4.78 is 5.74. The zero-order valence-electron chi connectivity index (χ0n) is 9.34. The molecule has 2 atom stereocenters. The fourth-order valence-corrected chi connectivity index (χ4v) is 1.85. The molecule has 0 radical (unpaired) electrons. The Morgan fingerprint density at radius 2 is 1.92 bits per heavy atom. The molecule has 0 saturated heterocycles. The van der Waals surface area contributed by atoms with E-state index in [0.717, 1.165) is 12.5 Å². The van der Waals surface area contributed by atoms with Gasteiger partial charge in [0.25, 0.3) is 0 Å². The van der Waals surface area contributed by atoms with E-state index < -0.39 is 0 Å². The Hall–Kier alpha value is -0.0800. The van der Waals surface area contributed by atoms with Crippen LogP contribution in [0.25, 0.3) is 0 Å². The Balaban J connectivity index is 2.54. The van der Waals surface area contributed by atoms with Crippen LogP contribution in [0.5, 0.6) is 0 Å². The molecule has 0 aromatic rings. The Morgan fingerprint density at radius 1 is 1.38 bits per heavy atom. The monoisotopic (exact) mass is 185 g/mol. The molecule has 0 heterocycles. The van der Waals surface area contributed by atoms with Crippen LogP contribution in [-0.2, 0) is 4.74 Å². The molecule has 1 saturated carbocycles. The molecule has 1 rings (SSSR count). The van der Waals surface area contributed by atoms with E-state index in [0.29, 0.717) is 0 Å². The molecule has 1 aliphatic rings. The van der Waals surface area contributed by atoms with Crippen LogP contribution >= 0.6 is 0 Å². The summed E-state index contributed by atoms with van der Waals surface area (Å²) in [6, 6.07) is 0.236. The van der Waals surface area contributed by atoms with Crippen LogP contribution in [-0.4, -0.2) is 18.8 Å². The Bertz CT molecular complexity index is 158. The first-order chi connectivity index (χ1) is 5.96. The van der Waals surface area contributed by atoms with Crippen LogP contribution in [0, 0.1) is 11.3 Å². The first-order valence-electron chi connectivity index (χ1n) is 5.34. The SMILES string of the molecule is CCOC(C(N)C1CC1)C(C)(C)C. The van der Waals surface area contributed by atoms with Gasteiger partial charge >= 0.3 is 0 Å². The van der Waals surface area contributed by atoms with Crippen molar-refractivity contribution in [1.29, 1.82) is 0 Å². The van der Waals surface area contributed by atoms with Crippen molar-refractivity contribution >= 4 is 0 Å². The number of hydrogen-bond donors (Lipinski definition) is 1. The van der Waals surface area contributed by atoms with Crippen LogP contribution in [0.4, 0.5) is 0 Å². The number of ether oxygens (including phenoxy) is 1. The van der Waals surface area contributed by atoms with Crippen molar-refractivity contribution < 1.29 is 4.74 Å². The van der Waals surface area contributed by atoms with E-state index in [1.165, 1.54) is 12.8 Å². The van der Waals surface area contributed by atoms with Crippen LogP contribution in [0.15, 0.2) is 0 Å². The van der Waals surface area contributed by atoms with Crippen molar-refractivity contribution in [2.75, 3.05) is 6.61 Å². The maximum atomic E-state index is 6.17. The third-order valence-corrected chi connectivity index (χ3v) is 2.72. The molecule has 0 amide bonds. The summed E-state index contributed by atoms with van der Waals surface area (Å²) >= 11 is 0. The van der Waals surface area contributed by atoms with Gasteiger partial charge in [0.05, 0.1) is 6.10 Å². The predicted octanol–water partition coefficient (Wildman–Crippen LogP) is 2.17. The summed E-state index contributed by atoms with van der Waals surface area (Å²) in [5.41, 5.74) is 6.34. The van der Waals surface area contributed by atoms with Crippen molar-refractivity contribution in [2.45, 2.75) is 52.7 Å². The largest absolute Gasteiger partial charge is 0.376 e. The average Bonchev–Trinajstić information content (AvgIpc) is 2.78. The maximum Gasteiger partial charge on any atom is 0.0776 e. The van der Waals surface area contributed by atoms with Crippen LogP contribution < -0.4 is 5.73 Å². The Kier molecular flexibility index (Phi) is 3.36. The van der Waals surface area contributed by atoms with E-state index in [1.54, 1.807) is 0 Å². The Labute approximate surface area is 81.8 Å². The van der Waals surface area contributed by atoms with Crippen LogP contribution in [0.1, 0.15) is 40.5 Å². The second kappa shape index (κ2) is 3.97. The molecule has 1 fully saturated rings. The van der Waals surface area contributed by atoms with Crippen molar-refractivity contribution in [3.63, 3.8) is 0 Å². The van der Waals surface area contributed by atoms with E-state index in [4.69, 9.17) is 10.5 Å². The minimum Gasteiger partial charge on any atom is -0.376 e. The van der Waals surface area contributed by atoms with Gasteiger partial charge in [0.1, 0.15) is 0 Å². The highest BCUT2D eigenvalue weighted by atomic mass is 16.5. The molecule has 0 aromatic heterocycles. The van der Waals surface area contributed by atoms with Gasteiger partial charge in [-0.05, 0) is 31.1 Å².